The second-order valence-electron chi connectivity index (χ2n) is 7.89. The van der Waals surface area contributed by atoms with E-state index >= 15 is 0 Å². The maximum absolute atomic E-state index is 11.6. The number of amides is 1. The molecule has 1 aliphatic rings. The first-order chi connectivity index (χ1) is 16.4. The molecule has 0 unspecified atom stereocenters. The summed E-state index contributed by atoms with van der Waals surface area (Å²) in [5.74, 6) is 1.38. The highest BCUT2D eigenvalue weighted by Gasteiger charge is 2.25. The zero-order valence-electron chi connectivity index (χ0n) is 19.4. The standard InChI is InChI=1S/C25H28N6O2S/c1-4-18-19(13-26)24(31-10-8-17(28)9-11-31)30-25(20(18)14-27)34-15-16-6-7-21(22(12-16)33-3)29-23(32)5-2/h5-7,12,17H,2,4,8-11,15,28H2,1,3H3,(H,29,32). The number of methoxy groups -OCH3 is 1. The molecule has 0 atom stereocenters. The van der Waals surface area contributed by atoms with E-state index in [-0.39, 0.29) is 11.9 Å². The summed E-state index contributed by atoms with van der Waals surface area (Å²) in [4.78, 5) is 18.6. The van der Waals surface area contributed by atoms with E-state index in [0.29, 0.717) is 45.6 Å². The van der Waals surface area contributed by atoms with Crippen molar-refractivity contribution in [3.05, 3.63) is 53.1 Å². The number of carbonyl (C=O) groups excluding carboxylic acids is 1. The SMILES string of the molecule is C=CC(=O)Nc1ccc(CSc2nc(N3CCC(N)CC3)c(C#N)c(CC)c2C#N)cc1OC. The summed E-state index contributed by atoms with van der Waals surface area (Å²) >= 11 is 1.44. The molecule has 1 fully saturated rings. The molecule has 8 nitrogen and oxygen atoms in total. The minimum atomic E-state index is -0.320. The van der Waals surface area contributed by atoms with Gasteiger partial charge in [-0.15, -0.1) is 11.8 Å². The molecule has 9 heteroatoms. The van der Waals surface area contributed by atoms with Gasteiger partial charge in [0.1, 0.15) is 28.7 Å². The largest absolute Gasteiger partial charge is 0.495 e. The summed E-state index contributed by atoms with van der Waals surface area (Å²) in [6.45, 7) is 6.87. The Bertz CT molecular complexity index is 1160. The van der Waals surface area contributed by atoms with E-state index < -0.39 is 0 Å². The zero-order valence-corrected chi connectivity index (χ0v) is 20.2. The van der Waals surface area contributed by atoms with Crippen LogP contribution in [-0.4, -0.2) is 37.1 Å². The Morgan fingerprint density at radius 3 is 2.65 bits per heavy atom. The van der Waals surface area contributed by atoms with Crippen LogP contribution in [-0.2, 0) is 17.0 Å². The normalized spacial score (nSPS) is 13.6. The molecule has 2 aromatic rings. The maximum Gasteiger partial charge on any atom is 0.247 e. The van der Waals surface area contributed by atoms with Crippen molar-refractivity contribution in [2.45, 2.75) is 43.0 Å². The van der Waals surface area contributed by atoms with Crippen molar-refractivity contribution in [3.63, 3.8) is 0 Å². The average molecular weight is 477 g/mol. The van der Waals surface area contributed by atoms with Gasteiger partial charge in [-0.05, 0) is 48.6 Å². The lowest BCUT2D eigenvalue weighted by Gasteiger charge is -2.32. The van der Waals surface area contributed by atoms with Gasteiger partial charge in [-0.25, -0.2) is 4.98 Å². The third kappa shape index (κ3) is 5.51. The van der Waals surface area contributed by atoms with Crippen LogP contribution < -0.4 is 20.7 Å². The number of thioether (sulfide) groups is 1. The molecule has 1 aliphatic heterocycles. The van der Waals surface area contributed by atoms with Crippen LogP contribution in [0.4, 0.5) is 11.5 Å². The molecule has 0 radical (unpaired) electrons. The number of hydrogen-bond acceptors (Lipinski definition) is 8. The molecule has 0 spiro atoms. The van der Waals surface area contributed by atoms with E-state index in [4.69, 9.17) is 15.5 Å². The van der Waals surface area contributed by atoms with E-state index in [2.05, 4.69) is 28.9 Å². The topological polar surface area (TPSA) is 128 Å². The fourth-order valence-electron chi connectivity index (χ4n) is 3.89. The maximum atomic E-state index is 11.6. The number of ether oxygens (including phenoxy) is 1. The monoisotopic (exact) mass is 476 g/mol. The Morgan fingerprint density at radius 1 is 1.35 bits per heavy atom. The van der Waals surface area contributed by atoms with E-state index in [0.717, 1.165) is 37.1 Å². The van der Waals surface area contributed by atoms with Gasteiger partial charge in [-0.3, -0.25) is 4.79 Å². The van der Waals surface area contributed by atoms with Gasteiger partial charge in [0, 0.05) is 24.9 Å². The van der Waals surface area contributed by atoms with Gasteiger partial charge in [-0.1, -0.05) is 19.6 Å². The number of nitrogens with two attached hydrogens (primary N) is 1. The molecule has 0 aliphatic carbocycles. The van der Waals surface area contributed by atoms with Crippen LogP contribution in [0.2, 0.25) is 0 Å². The molecule has 0 saturated carbocycles. The first-order valence-corrected chi connectivity index (χ1v) is 12.0. The Kier molecular flexibility index (Phi) is 8.53. The summed E-state index contributed by atoms with van der Waals surface area (Å²) in [5, 5.41) is 23.1. The molecule has 0 bridgehead atoms. The summed E-state index contributed by atoms with van der Waals surface area (Å²) in [7, 11) is 1.54. The van der Waals surface area contributed by atoms with E-state index in [1.807, 2.05) is 19.1 Å². The number of nitrogens with one attached hydrogen (secondary N) is 1. The number of carbonyl (C=O) groups is 1. The van der Waals surface area contributed by atoms with Crippen molar-refractivity contribution in [3.8, 4) is 17.9 Å². The number of nitriles is 2. The first-order valence-electron chi connectivity index (χ1n) is 11.1. The molecule has 3 rings (SSSR count). The first kappa shape index (κ1) is 25.1. The molecular formula is C25H28N6O2S. The molecule has 34 heavy (non-hydrogen) atoms. The van der Waals surface area contributed by atoms with Crippen molar-refractivity contribution < 1.29 is 9.53 Å². The van der Waals surface area contributed by atoms with Gasteiger partial charge in [-0.2, -0.15) is 10.5 Å². The molecule has 1 saturated heterocycles. The summed E-state index contributed by atoms with van der Waals surface area (Å²) in [6.07, 6.45) is 3.44. The molecule has 176 valence electrons. The highest BCUT2D eigenvalue weighted by atomic mass is 32.2. The van der Waals surface area contributed by atoms with Crippen molar-refractivity contribution >= 4 is 29.2 Å². The van der Waals surface area contributed by atoms with Gasteiger partial charge < -0.3 is 20.7 Å². The smallest absolute Gasteiger partial charge is 0.247 e. The second-order valence-corrected chi connectivity index (χ2v) is 8.85. The number of benzene rings is 1. The fraction of sp³-hybridized carbons (Fsp3) is 0.360. The lowest BCUT2D eigenvalue weighted by Crippen LogP contribution is -2.40. The zero-order chi connectivity index (χ0) is 24.7. The summed E-state index contributed by atoms with van der Waals surface area (Å²) in [6, 6.07) is 10.2. The van der Waals surface area contributed by atoms with Gasteiger partial charge in [0.15, 0.2) is 0 Å². The lowest BCUT2D eigenvalue weighted by atomic mass is 10.00. The quantitative estimate of drug-likeness (QED) is 0.436. The molecule has 3 N–H and O–H groups in total. The van der Waals surface area contributed by atoms with Gasteiger partial charge in [0.2, 0.25) is 5.91 Å². The number of nitrogens with zero attached hydrogens (tertiary/aromatic N) is 4. The minimum Gasteiger partial charge on any atom is -0.495 e. The molecule has 1 aromatic heterocycles. The highest BCUT2D eigenvalue weighted by Crippen LogP contribution is 2.35. The molecule has 1 aromatic carbocycles. The number of hydrogen-bond donors (Lipinski definition) is 2. The van der Waals surface area contributed by atoms with Crippen molar-refractivity contribution in [1.29, 1.82) is 10.5 Å². The Labute approximate surface area is 204 Å². The Balaban J connectivity index is 1.93. The third-order valence-electron chi connectivity index (χ3n) is 5.75. The van der Waals surface area contributed by atoms with Crippen LogP contribution in [0.25, 0.3) is 0 Å². The third-order valence-corrected chi connectivity index (χ3v) is 6.80. The number of anilines is 2. The van der Waals surface area contributed by atoms with E-state index in [1.54, 1.807) is 6.07 Å². The average Bonchev–Trinajstić information content (AvgIpc) is 2.87. The number of piperidine rings is 1. The summed E-state index contributed by atoms with van der Waals surface area (Å²) < 4.78 is 5.42. The van der Waals surface area contributed by atoms with Gasteiger partial charge in [0.25, 0.3) is 0 Å². The van der Waals surface area contributed by atoms with Crippen LogP contribution >= 0.6 is 11.8 Å². The van der Waals surface area contributed by atoms with E-state index in [9.17, 15) is 15.3 Å². The number of rotatable bonds is 8. The highest BCUT2D eigenvalue weighted by molar-refractivity contribution is 7.98. The van der Waals surface area contributed by atoms with Gasteiger partial charge in [0.05, 0.1) is 23.9 Å². The van der Waals surface area contributed by atoms with Crippen molar-refractivity contribution in [2.75, 3.05) is 30.4 Å². The van der Waals surface area contributed by atoms with E-state index in [1.165, 1.54) is 24.9 Å². The molecule has 1 amide bonds. The Hall–Kier alpha value is -3.53. The van der Waals surface area contributed by atoms with Crippen molar-refractivity contribution in [1.82, 2.24) is 4.98 Å². The van der Waals surface area contributed by atoms with Crippen LogP contribution in [0.5, 0.6) is 5.75 Å². The van der Waals surface area contributed by atoms with Crippen molar-refractivity contribution in [2.24, 2.45) is 5.73 Å². The predicted octanol–water partition coefficient (Wildman–Crippen LogP) is 3.74. The van der Waals surface area contributed by atoms with Gasteiger partial charge >= 0.3 is 0 Å². The molecule has 2 heterocycles. The Morgan fingerprint density at radius 2 is 2.06 bits per heavy atom. The lowest BCUT2D eigenvalue weighted by molar-refractivity contribution is -0.111. The summed E-state index contributed by atoms with van der Waals surface area (Å²) in [5.41, 5.74) is 9.20. The minimum absolute atomic E-state index is 0.161. The van der Waals surface area contributed by atoms with Crippen LogP contribution in [0.3, 0.4) is 0 Å². The predicted molar refractivity (Wildman–Crippen MR) is 134 cm³/mol. The van der Waals surface area contributed by atoms with Crippen LogP contribution in [0.15, 0.2) is 35.9 Å². The van der Waals surface area contributed by atoms with Crippen LogP contribution in [0.1, 0.15) is 42.0 Å². The molecular weight excluding hydrogens is 448 g/mol. The number of aromatic nitrogens is 1. The fourth-order valence-corrected chi connectivity index (χ4v) is 4.84. The second kappa shape index (κ2) is 11.6. The van der Waals surface area contributed by atoms with Crippen LogP contribution in [0, 0.1) is 22.7 Å². The number of pyridine rings is 1.